The zero-order chi connectivity index (χ0) is 18.6. The molecule has 1 N–H and O–H groups in total. The molecule has 0 aromatic heterocycles. The zero-order valence-corrected chi connectivity index (χ0v) is 13.8. The Morgan fingerprint density at radius 3 is 2.16 bits per heavy atom. The molecule has 2 aromatic rings. The number of hydrogen-bond donors (Lipinski definition) is 1. The molecule has 2 aromatic carbocycles. The summed E-state index contributed by atoms with van der Waals surface area (Å²) < 4.78 is 0. The lowest BCUT2D eigenvalue weighted by atomic mass is 10.0. The van der Waals surface area contributed by atoms with Crippen molar-refractivity contribution in [2.75, 3.05) is 0 Å². The third-order valence-electron chi connectivity index (χ3n) is 3.81. The van der Waals surface area contributed by atoms with Crippen LogP contribution in [-0.4, -0.2) is 22.8 Å². The molecule has 0 unspecified atom stereocenters. The maximum Gasteiger partial charge on any atom is 0.275 e. The first-order valence-corrected chi connectivity index (χ1v) is 7.61. The molecule has 7 heteroatoms. The molecule has 1 atom stereocenters. The van der Waals surface area contributed by atoms with Crippen LogP contribution in [0.2, 0.25) is 0 Å². The highest BCUT2D eigenvalue weighted by atomic mass is 16.6. The number of aryl methyl sites for hydroxylation is 2. The number of carbonyl (C=O) groups is 2. The molecule has 0 saturated carbocycles. The van der Waals surface area contributed by atoms with E-state index >= 15 is 0 Å². The average Bonchev–Trinajstić information content (AvgIpc) is 2.53. The molecule has 0 aliphatic carbocycles. The molecule has 0 fully saturated rings. The van der Waals surface area contributed by atoms with Gasteiger partial charge in [0, 0.05) is 16.7 Å². The second-order valence-corrected chi connectivity index (χ2v) is 5.75. The number of nitro benzene ring substituents is 1. The van der Waals surface area contributed by atoms with Gasteiger partial charge in [0.15, 0.2) is 0 Å². The molecule has 2 rings (SSSR count). The van der Waals surface area contributed by atoms with Crippen LogP contribution in [0.3, 0.4) is 0 Å². The first-order valence-electron chi connectivity index (χ1n) is 7.61. The van der Waals surface area contributed by atoms with Crippen molar-refractivity contribution >= 4 is 17.6 Å². The second-order valence-electron chi connectivity index (χ2n) is 5.75. The predicted octanol–water partition coefficient (Wildman–Crippen LogP) is 1.30. The Morgan fingerprint density at radius 2 is 1.68 bits per heavy atom. The summed E-state index contributed by atoms with van der Waals surface area (Å²) in [7, 11) is 0. The normalized spacial score (nSPS) is 11.6. The molecule has 1 amide bonds. The number of nitro groups is 1. The number of hydrogen-bond acceptors (Lipinski definition) is 5. The highest BCUT2D eigenvalue weighted by molar-refractivity contribution is 5.97. The van der Waals surface area contributed by atoms with E-state index in [1.165, 1.54) is 26.0 Å². The van der Waals surface area contributed by atoms with Crippen molar-refractivity contribution in [2.24, 2.45) is 0 Å². The standard InChI is InChI=1S/C18H18N2O5/c1-11-8-14(9-12(2)16(11)20(24)25)17(21)19-15(18(22)23)10-13-6-4-3-5-7-13/h3-9,15H,10H2,1-2H3,(H,19,21)(H,22,23)/p-1/t15-/m1/s1. The van der Waals surface area contributed by atoms with E-state index in [9.17, 15) is 24.8 Å². The number of rotatable bonds is 6. The summed E-state index contributed by atoms with van der Waals surface area (Å²) in [6.07, 6.45) is 0.0832. The summed E-state index contributed by atoms with van der Waals surface area (Å²) in [6.45, 7) is 3.06. The van der Waals surface area contributed by atoms with Crippen LogP contribution in [0.4, 0.5) is 5.69 Å². The van der Waals surface area contributed by atoms with Gasteiger partial charge in [0.05, 0.1) is 16.9 Å². The van der Waals surface area contributed by atoms with E-state index in [2.05, 4.69) is 5.32 Å². The Morgan fingerprint density at radius 1 is 1.12 bits per heavy atom. The Labute approximate surface area is 144 Å². The summed E-state index contributed by atoms with van der Waals surface area (Å²) in [5.74, 6) is -2.02. The van der Waals surface area contributed by atoms with Gasteiger partial charge >= 0.3 is 0 Å². The number of carbonyl (C=O) groups excluding carboxylic acids is 2. The molecule has 0 radical (unpaired) electrons. The molecule has 0 spiro atoms. The Hall–Kier alpha value is -3.22. The maximum absolute atomic E-state index is 12.4. The van der Waals surface area contributed by atoms with Gasteiger partial charge in [-0.1, -0.05) is 30.3 Å². The molecular formula is C18H17N2O5-. The molecule has 7 nitrogen and oxygen atoms in total. The van der Waals surface area contributed by atoms with Gasteiger partial charge in [-0.2, -0.15) is 0 Å². The highest BCUT2D eigenvalue weighted by Gasteiger charge is 2.20. The van der Waals surface area contributed by atoms with E-state index in [1.54, 1.807) is 30.3 Å². The quantitative estimate of drug-likeness (QED) is 0.628. The molecule has 0 heterocycles. The molecule has 0 saturated heterocycles. The van der Waals surface area contributed by atoms with E-state index in [1.807, 2.05) is 0 Å². The first-order chi connectivity index (χ1) is 11.8. The van der Waals surface area contributed by atoms with Crippen molar-refractivity contribution in [3.63, 3.8) is 0 Å². The molecule has 0 aliphatic heterocycles. The average molecular weight is 341 g/mol. The van der Waals surface area contributed by atoms with E-state index in [-0.39, 0.29) is 17.7 Å². The lowest BCUT2D eigenvalue weighted by Crippen LogP contribution is -2.49. The Kier molecular flexibility index (Phi) is 5.49. The van der Waals surface area contributed by atoms with Crippen molar-refractivity contribution in [1.82, 2.24) is 5.32 Å². The van der Waals surface area contributed by atoms with Crippen LogP contribution in [0.15, 0.2) is 42.5 Å². The number of aliphatic carboxylic acids is 1. The van der Waals surface area contributed by atoms with Gasteiger partial charge in [0.25, 0.3) is 11.6 Å². The number of nitrogens with one attached hydrogen (secondary N) is 1. The van der Waals surface area contributed by atoms with Gasteiger partial charge in [-0.15, -0.1) is 0 Å². The summed E-state index contributed by atoms with van der Waals surface area (Å²) >= 11 is 0. The zero-order valence-electron chi connectivity index (χ0n) is 13.8. The minimum absolute atomic E-state index is 0.0581. The first kappa shape index (κ1) is 18.1. The highest BCUT2D eigenvalue weighted by Crippen LogP contribution is 2.24. The molecule has 130 valence electrons. The molecule has 0 aliphatic rings. The van der Waals surface area contributed by atoms with E-state index < -0.39 is 22.8 Å². The lowest BCUT2D eigenvalue weighted by Gasteiger charge is -2.20. The SMILES string of the molecule is Cc1cc(C(=O)N[C@H](Cc2ccccc2)C(=O)[O-])cc(C)c1[N+](=O)[O-]. The fourth-order valence-electron chi connectivity index (χ4n) is 2.66. The largest absolute Gasteiger partial charge is 0.548 e. The van der Waals surface area contributed by atoms with Gasteiger partial charge in [-0.25, -0.2) is 0 Å². The lowest BCUT2D eigenvalue weighted by molar-refractivity contribution is -0.386. The topological polar surface area (TPSA) is 112 Å². The van der Waals surface area contributed by atoms with Crippen LogP contribution in [0.1, 0.15) is 27.0 Å². The number of benzene rings is 2. The molecule has 0 bridgehead atoms. The summed E-state index contributed by atoms with van der Waals surface area (Å²) in [4.78, 5) is 34.2. The van der Waals surface area contributed by atoms with Crippen molar-refractivity contribution in [3.8, 4) is 0 Å². The van der Waals surface area contributed by atoms with Gasteiger partial charge in [-0.05, 0) is 38.0 Å². The predicted molar refractivity (Wildman–Crippen MR) is 89.0 cm³/mol. The van der Waals surface area contributed by atoms with Crippen LogP contribution in [0, 0.1) is 24.0 Å². The number of amides is 1. The van der Waals surface area contributed by atoms with Crippen LogP contribution >= 0.6 is 0 Å². The molecular weight excluding hydrogens is 324 g/mol. The Bertz CT molecular complexity index is 794. The van der Waals surface area contributed by atoms with Crippen molar-refractivity contribution < 1.29 is 19.6 Å². The second kappa shape index (κ2) is 7.57. The van der Waals surface area contributed by atoms with E-state index in [4.69, 9.17) is 0 Å². The minimum atomic E-state index is -1.40. The van der Waals surface area contributed by atoms with Crippen LogP contribution in [-0.2, 0) is 11.2 Å². The number of nitrogens with zero attached hydrogens (tertiary/aromatic N) is 1. The van der Waals surface area contributed by atoms with Crippen LogP contribution in [0.25, 0.3) is 0 Å². The Balaban J connectivity index is 2.21. The van der Waals surface area contributed by atoms with Gasteiger partial charge in [-0.3, -0.25) is 14.9 Å². The van der Waals surface area contributed by atoms with Crippen molar-refractivity contribution in [1.29, 1.82) is 0 Å². The smallest absolute Gasteiger partial charge is 0.275 e. The third kappa shape index (κ3) is 4.41. The third-order valence-corrected chi connectivity index (χ3v) is 3.81. The summed E-state index contributed by atoms with van der Waals surface area (Å²) in [5, 5.41) is 24.8. The summed E-state index contributed by atoms with van der Waals surface area (Å²) in [6, 6.07) is 10.4. The number of carboxylic acids is 1. The summed E-state index contributed by atoms with van der Waals surface area (Å²) in [5.41, 5.74) is 1.52. The minimum Gasteiger partial charge on any atom is -0.548 e. The van der Waals surface area contributed by atoms with Crippen LogP contribution in [0.5, 0.6) is 0 Å². The van der Waals surface area contributed by atoms with Gasteiger partial charge in [0.1, 0.15) is 0 Å². The van der Waals surface area contributed by atoms with E-state index in [0.29, 0.717) is 11.1 Å². The van der Waals surface area contributed by atoms with Crippen molar-refractivity contribution in [2.45, 2.75) is 26.3 Å². The van der Waals surface area contributed by atoms with Crippen LogP contribution < -0.4 is 10.4 Å². The van der Waals surface area contributed by atoms with E-state index in [0.717, 1.165) is 5.56 Å². The maximum atomic E-state index is 12.4. The molecule has 25 heavy (non-hydrogen) atoms. The monoisotopic (exact) mass is 341 g/mol. The fourth-order valence-corrected chi connectivity index (χ4v) is 2.66. The van der Waals surface area contributed by atoms with Gasteiger partial charge < -0.3 is 15.2 Å². The van der Waals surface area contributed by atoms with Crippen molar-refractivity contribution in [3.05, 3.63) is 74.8 Å². The van der Waals surface area contributed by atoms with Gasteiger partial charge in [0.2, 0.25) is 0 Å². The fraction of sp³-hybridized carbons (Fsp3) is 0.222. The number of carboxylic acid groups (broad SMARTS) is 1.